The van der Waals surface area contributed by atoms with Gasteiger partial charge < -0.3 is 5.32 Å². The molecule has 5 atom stereocenters. The van der Waals surface area contributed by atoms with Crippen molar-refractivity contribution in [2.75, 3.05) is 5.32 Å². The lowest BCUT2D eigenvalue weighted by Crippen LogP contribution is -2.38. The average molecular weight is 483 g/mol. The van der Waals surface area contributed by atoms with Crippen LogP contribution in [0.4, 0.5) is 11.4 Å². The molecule has 1 aliphatic heterocycles. The number of aromatic nitrogens is 2. The smallest absolute Gasteiger partial charge is 0.269 e. The molecular weight excluding hydrogens is 462 g/mol. The number of anilines is 1. The molecule has 3 aliphatic rings. The summed E-state index contributed by atoms with van der Waals surface area (Å²) in [6.07, 6.45) is 7.77. The monoisotopic (exact) mass is 483 g/mol. The first-order chi connectivity index (χ1) is 17.4. The molecule has 180 valence electrons. The van der Waals surface area contributed by atoms with Crippen LogP contribution in [0.25, 0.3) is 11.0 Å². The molecule has 36 heavy (non-hydrogen) atoms. The van der Waals surface area contributed by atoms with Gasteiger partial charge in [0.2, 0.25) is 17.7 Å². The van der Waals surface area contributed by atoms with Gasteiger partial charge in [0.1, 0.15) is 0 Å². The van der Waals surface area contributed by atoms with Crippen LogP contribution in [0.1, 0.15) is 24.4 Å². The van der Waals surface area contributed by atoms with E-state index in [0.717, 1.165) is 6.42 Å². The number of amides is 3. The number of nitro groups is 1. The molecule has 2 heterocycles. The second-order valence-electron chi connectivity index (χ2n) is 9.42. The van der Waals surface area contributed by atoms with Crippen molar-refractivity contribution >= 4 is 40.1 Å². The summed E-state index contributed by atoms with van der Waals surface area (Å²) in [6.45, 7) is 0. The van der Waals surface area contributed by atoms with Crippen LogP contribution in [0, 0.1) is 33.8 Å². The van der Waals surface area contributed by atoms with Crippen molar-refractivity contribution in [3.63, 3.8) is 0 Å². The zero-order valence-electron chi connectivity index (χ0n) is 19.0. The number of nitrogens with one attached hydrogen (secondary N) is 1. The molecule has 10 heteroatoms. The zero-order valence-corrected chi connectivity index (χ0v) is 19.0. The number of benzene rings is 2. The van der Waals surface area contributed by atoms with Crippen LogP contribution < -0.4 is 5.32 Å². The highest BCUT2D eigenvalue weighted by atomic mass is 16.6. The summed E-state index contributed by atoms with van der Waals surface area (Å²) in [5, 5.41) is 14.0. The zero-order chi connectivity index (χ0) is 25.0. The van der Waals surface area contributed by atoms with Gasteiger partial charge in [-0.1, -0.05) is 24.3 Å². The number of nitrogens with zero attached hydrogens (tertiary/aromatic N) is 4. The fourth-order valence-corrected chi connectivity index (χ4v) is 5.84. The maximum atomic E-state index is 13.5. The predicted molar refractivity (Wildman–Crippen MR) is 128 cm³/mol. The van der Waals surface area contributed by atoms with Gasteiger partial charge in [-0.15, -0.1) is 0 Å². The number of nitro benzene ring substituents is 1. The van der Waals surface area contributed by atoms with Crippen molar-refractivity contribution in [1.29, 1.82) is 0 Å². The summed E-state index contributed by atoms with van der Waals surface area (Å²) in [7, 11) is 0. The van der Waals surface area contributed by atoms with Crippen LogP contribution in [-0.4, -0.2) is 37.5 Å². The van der Waals surface area contributed by atoms with Gasteiger partial charge in [0.15, 0.2) is 0 Å². The van der Waals surface area contributed by atoms with E-state index < -0.39 is 28.7 Å². The van der Waals surface area contributed by atoms with Gasteiger partial charge in [-0.2, -0.15) is 0 Å². The van der Waals surface area contributed by atoms with E-state index in [1.165, 1.54) is 29.2 Å². The number of fused-ring (bicyclic) bond motifs is 6. The van der Waals surface area contributed by atoms with E-state index in [-0.39, 0.29) is 35.8 Å². The van der Waals surface area contributed by atoms with E-state index in [0.29, 0.717) is 22.3 Å². The molecule has 6 rings (SSSR count). The summed E-state index contributed by atoms with van der Waals surface area (Å²) in [5.74, 6) is -1.71. The Hall–Kier alpha value is -4.47. The number of carbonyl (C=O) groups is 3. The van der Waals surface area contributed by atoms with Crippen molar-refractivity contribution in [3.05, 3.63) is 82.7 Å². The van der Waals surface area contributed by atoms with Gasteiger partial charge in [0.25, 0.3) is 5.69 Å². The minimum atomic E-state index is -0.879. The summed E-state index contributed by atoms with van der Waals surface area (Å²) < 4.78 is 0. The average Bonchev–Trinajstić information content (AvgIpc) is 3.56. The van der Waals surface area contributed by atoms with Gasteiger partial charge in [-0.25, -0.2) is 0 Å². The van der Waals surface area contributed by atoms with E-state index in [1.54, 1.807) is 30.6 Å². The molecule has 0 radical (unpaired) electrons. The predicted octanol–water partition coefficient (Wildman–Crippen LogP) is 3.42. The molecule has 3 amide bonds. The largest absolute Gasteiger partial charge is 0.326 e. The lowest BCUT2D eigenvalue weighted by molar-refractivity contribution is -0.384. The van der Waals surface area contributed by atoms with Crippen molar-refractivity contribution in [2.45, 2.75) is 18.9 Å². The first-order valence-corrected chi connectivity index (χ1v) is 11.7. The Morgan fingerprint density at radius 3 is 2.28 bits per heavy atom. The van der Waals surface area contributed by atoms with Crippen LogP contribution in [0.5, 0.6) is 0 Å². The topological polar surface area (TPSA) is 135 Å². The number of imide groups is 1. The Bertz CT molecular complexity index is 1420. The molecule has 1 saturated heterocycles. The summed E-state index contributed by atoms with van der Waals surface area (Å²) in [5.41, 5.74) is 2.18. The molecule has 2 aromatic carbocycles. The lowest BCUT2D eigenvalue weighted by atomic mass is 9.85. The highest BCUT2D eigenvalue weighted by molar-refractivity contribution is 6.07. The van der Waals surface area contributed by atoms with Crippen molar-refractivity contribution < 1.29 is 19.3 Å². The number of hydrogen-bond donors (Lipinski definition) is 1. The third-order valence-electron chi connectivity index (χ3n) is 7.44. The highest BCUT2D eigenvalue weighted by Gasteiger charge is 2.60. The van der Waals surface area contributed by atoms with Crippen LogP contribution in [0.3, 0.4) is 0 Å². The van der Waals surface area contributed by atoms with Crippen LogP contribution in [0.2, 0.25) is 0 Å². The third-order valence-corrected chi connectivity index (χ3v) is 7.44. The molecule has 1 saturated carbocycles. The van der Waals surface area contributed by atoms with Crippen molar-refractivity contribution in [1.82, 2.24) is 14.9 Å². The maximum Gasteiger partial charge on any atom is 0.269 e. The number of hydrogen-bond acceptors (Lipinski definition) is 7. The molecule has 0 spiro atoms. The Morgan fingerprint density at radius 2 is 1.64 bits per heavy atom. The molecule has 2 aliphatic carbocycles. The molecule has 2 fully saturated rings. The molecule has 10 nitrogen and oxygen atoms in total. The normalized spacial score (nSPS) is 24.8. The molecule has 2 bridgehead atoms. The van der Waals surface area contributed by atoms with E-state index in [9.17, 15) is 24.5 Å². The number of non-ortho nitro benzene ring substituents is 1. The second-order valence-corrected chi connectivity index (χ2v) is 9.42. The van der Waals surface area contributed by atoms with Gasteiger partial charge in [-0.05, 0) is 42.0 Å². The molecule has 1 aromatic heterocycles. The van der Waals surface area contributed by atoms with E-state index >= 15 is 0 Å². The molecule has 5 unspecified atom stereocenters. The highest BCUT2D eigenvalue weighted by Crippen LogP contribution is 2.54. The number of likely N-dealkylation sites (tertiary alicyclic amines) is 1. The summed E-state index contributed by atoms with van der Waals surface area (Å²) >= 11 is 0. The van der Waals surface area contributed by atoms with Crippen LogP contribution in [-0.2, 0) is 14.4 Å². The van der Waals surface area contributed by atoms with Gasteiger partial charge >= 0.3 is 0 Å². The Labute approximate surface area is 205 Å². The minimum absolute atomic E-state index is 0.0338. The van der Waals surface area contributed by atoms with E-state index in [4.69, 9.17) is 0 Å². The maximum absolute atomic E-state index is 13.5. The van der Waals surface area contributed by atoms with Gasteiger partial charge in [0.05, 0.1) is 40.3 Å². The quantitative estimate of drug-likeness (QED) is 0.246. The SMILES string of the molecule is O=C(CC(c1ccc([N+](=O)[O-])cc1)N1C(=O)C2C3C=CC(C3)C2C1=O)Nc1ccc2nccnc2c1. The van der Waals surface area contributed by atoms with Gasteiger partial charge in [0, 0.05) is 30.2 Å². The number of rotatable bonds is 6. The first-order valence-electron chi connectivity index (χ1n) is 11.7. The fourth-order valence-electron chi connectivity index (χ4n) is 5.84. The van der Waals surface area contributed by atoms with E-state index in [1.807, 2.05) is 12.2 Å². The summed E-state index contributed by atoms with van der Waals surface area (Å²) in [6, 6.07) is 9.90. The fraction of sp³-hybridized carbons (Fsp3) is 0.269. The van der Waals surface area contributed by atoms with Crippen LogP contribution in [0.15, 0.2) is 67.0 Å². The number of allylic oxidation sites excluding steroid dienone is 2. The minimum Gasteiger partial charge on any atom is -0.326 e. The Morgan fingerprint density at radius 1 is 1.00 bits per heavy atom. The van der Waals surface area contributed by atoms with Crippen molar-refractivity contribution in [2.24, 2.45) is 23.7 Å². The molecule has 1 N–H and O–H groups in total. The number of carbonyl (C=O) groups excluding carboxylic acids is 3. The molecular formula is C26H21N5O5. The Kier molecular flexibility index (Phi) is 5.10. The lowest BCUT2D eigenvalue weighted by Gasteiger charge is -2.28. The second kappa shape index (κ2) is 8.33. The van der Waals surface area contributed by atoms with Crippen molar-refractivity contribution in [3.8, 4) is 0 Å². The summed E-state index contributed by atoms with van der Waals surface area (Å²) in [4.78, 5) is 60.4. The van der Waals surface area contributed by atoms with E-state index in [2.05, 4.69) is 15.3 Å². The third kappa shape index (κ3) is 3.53. The standard InChI is InChI=1S/C26H21N5O5/c32-22(29-17-5-8-19-20(12-17)28-10-9-27-19)13-21(14-3-6-18(7-4-14)31(35)36)30-25(33)23-15-1-2-16(11-15)24(23)26(30)34/h1-10,12,15-16,21,23-24H,11,13H2,(H,29,32). The Balaban J connectivity index is 1.30. The van der Waals surface area contributed by atoms with Crippen LogP contribution >= 0.6 is 0 Å². The first kappa shape index (κ1) is 22.0. The van der Waals surface area contributed by atoms with Gasteiger partial charge in [-0.3, -0.25) is 39.4 Å². The molecule has 3 aromatic rings.